The maximum atomic E-state index is 13.1. The second-order valence-electron chi connectivity index (χ2n) is 4.12. The van der Waals surface area contributed by atoms with Gasteiger partial charge in [0.05, 0.1) is 5.56 Å². The van der Waals surface area contributed by atoms with Gasteiger partial charge in [0.15, 0.2) is 5.78 Å². The van der Waals surface area contributed by atoms with Gasteiger partial charge in [-0.3, -0.25) is 4.79 Å². The monoisotopic (exact) mass is 278 g/mol. The molecule has 0 aliphatic carbocycles. The molecular weight excluding hydrogens is 268 g/mol. The van der Waals surface area contributed by atoms with Gasteiger partial charge < -0.3 is 0 Å². The van der Waals surface area contributed by atoms with Crippen LogP contribution in [-0.4, -0.2) is 17.3 Å². The first-order valence-electron chi connectivity index (χ1n) is 5.38. The Morgan fingerprint density at radius 2 is 2.06 bits per heavy atom. The van der Waals surface area contributed by atoms with Crippen molar-refractivity contribution in [1.82, 2.24) is 0 Å². The first kappa shape index (κ1) is 13.4. The van der Waals surface area contributed by atoms with E-state index in [0.29, 0.717) is 24.3 Å². The Bertz CT molecular complexity index is 464. The van der Waals surface area contributed by atoms with Gasteiger partial charge in [0.25, 0.3) is 0 Å². The molecule has 1 unspecified atom stereocenters. The van der Waals surface area contributed by atoms with E-state index in [2.05, 4.69) is 0 Å². The SMILES string of the molecule is O=C(c1ccc(F)c(C(F)(F)F)c1)C1CCSC1. The average Bonchev–Trinajstić information content (AvgIpc) is 2.80. The van der Waals surface area contributed by atoms with Crippen molar-refractivity contribution in [3.8, 4) is 0 Å². The molecule has 0 N–H and O–H groups in total. The van der Waals surface area contributed by atoms with Crippen LogP contribution >= 0.6 is 11.8 Å². The highest BCUT2D eigenvalue weighted by molar-refractivity contribution is 7.99. The van der Waals surface area contributed by atoms with Crippen molar-refractivity contribution < 1.29 is 22.4 Å². The molecule has 98 valence electrons. The zero-order valence-electron chi connectivity index (χ0n) is 9.26. The highest BCUT2D eigenvalue weighted by atomic mass is 32.2. The van der Waals surface area contributed by atoms with Crippen LogP contribution in [-0.2, 0) is 6.18 Å². The number of carbonyl (C=O) groups excluding carboxylic acids is 1. The third kappa shape index (κ3) is 2.68. The zero-order chi connectivity index (χ0) is 13.3. The van der Waals surface area contributed by atoms with E-state index < -0.39 is 17.6 Å². The topological polar surface area (TPSA) is 17.1 Å². The molecule has 0 amide bonds. The summed E-state index contributed by atoms with van der Waals surface area (Å²) in [6, 6.07) is 2.44. The standard InChI is InChI=1S/C12H10F4OS/c13-10-2-1-7(5-9(10)12(14,15)16)11(17)8-3-4-18-6-8/h1-2,5,8H,3-4,6H2. The van der Waals surface area contributed by atoms with E-state index >= 15 is 0 Å². The molecule has 2 rings (SSSR count). The molecule has 1 fully saturated rings. The number of rotatable bonds is 2. The Morgan fingerprint density at radius 1 is 1.33 bits per heavy atom. The van der Waals surface area contributed by atoms with Gasteiger partial charge in [-0.2, -0.15) is 24.9 Å². The number of Topliss-reactive ketones (excluding diaryl/α,β-unsaturated/α-hetero) is 1. The van der Waals surface area contributed by atoms with Crippen molar-refractivity contribution in [2.75, 3.05) is 11.5 Å². The minimum absolute atomic E-state index is 0.0591. The molecule has 18 heavy (non-hydrogen) atoms. The molecule has 1 nitrogen and oxygen atoms in total. The van der Waals surface area contributed by atoms with Crippen molar-refractivity contribution in [3.63, 3.8) is 0 Å². The first-order chi connectivity index (χ1) is 8.39. The zero-order valence-corrected chi connectivity index (χ0v) is 10.1. The summed E-state index contributed by atoms with van der Waals surface area (Å²) in [5.41, 5.74) is -1.43. The molecule has 1 aromatic carbocycles. The van der Waals surface area contributed by atoms with E-state index in [9.17, 15) is 22.4 Å². The number of thioether (sulfide) groups is 1. The van der Waals surface area contributed by atoms with Crippen molar-refractivity contribution in [2.24, 2.45) is 5.92 Å². The molecule has 0 bridgehead atoms. The fourth-order valence-corrected chi connectivity index (χ4v) is 3.09. The van der Waals surface area contributed by atoms with Crippen LogP contribution in [0.3, 0.4) is 0 Å². The normalized spacial score (nSPS) is 20.1. The second kappa shape index (κ2) is 4.91. The fourth-order valence-electron chi connectivity index (χ4n) is 1.87. The lowest BCUT2D eigenvalue weighted by Crippen LogP contribution is -2.16. The summed E-state index contributed by atoms with van der Waals surface area (Å²) < 4.78 is 50.6. The van der Waals surface area contributed by atoms with Gasteiger partial charge in [0.1, 0.15) is 5.82 Å². The Hall–Kier alpha value is -1.04. The van der Waals surface area contributed by atoms with Crippen LogP contribution in [0.15, 0.2) is 18.2 Å². The molecule has 1 aromatic rings. The molecule has 0 spiro atoms. The van der Waals surface area contributed by atoms with Gasteiger partial charge in [-0.15, -0.1) is 0 Å². The van der Waals surface area contributed by atoms with E-state index in [4.69, 9.17) is 0 Å². The van der Waals surface area contributed by atoms with E-state index in [1.165, 1.54) is 0 Å². The average molecular weight is 278 g/mol. The van der Waals surface area contributed by atoms with Gasteiger partial charge in [0, 0.05) is 17.2 Å². The summed E-state index contributed by atoms with van der Waals surface area (Å²) in [5, 5.41) is 0. The van der Waals surface area contributed by atoms with Crippen molar-refractivity contribution >= 4 is 17.5 Å². The van der Waals surface area contributed by atoms with Crippen LogP contribution in [0.1, 0.15) is 22.3 Å². The van der Waals surface area contributed by atoms with Crippen LogP contribution in [0, 0.1) is 11.7 Å². The smallest absolute Gasteiger partial charge is 0.294 e. The predicted molar refractivity (Wildman–Crippen MR) is 61.2 cm³/mol. The quantitative estimate of drug-likeness (QED) is 0.605. The predicted octanol–water partition coefficient (Wildman–Crippen LogP) is 3.78. The molecule has 6 heteroatoms. The number of halogens is 4. The fraction of sp³-hybridized carbons (Fsp3) is 0.417. The van der Waals surface area contributed by atoms with E-state index in [1.54, 1.807) is 11.8 Å². The molecule has 0 aromatic heterocycles. The minimum atomic E-state index is -4.77. The Balaban J connectivity index is 2.32. The van der Waals surface area contributed by atoms with Crippen LogP contribution in [0.5, 0.6) is 0 Å². The van der Waals surface area contributed by atoms with Crippen LogP contribution in [0.4, 0.5) is 17.6 Å². The van der Waals surface area contributed by atoms with Crippen molar-refractivity contribution in [1.29, 1.82) is 0 Å². The molecule has 1 atom stereocenters. The molecule has 1 aliphatic rings. The molecule has 0 radical (unpaired) electrons. The number of alkyl halides is 3. The van der Waals surface area contributed by atoms with E-state index in [-0.39, 0.29) is 17.3 Å². The maximum Gasteiger partial charge on any atom is 0.419 e. The molecular formula is C12H10F4OS. The Kier molecular flexibility index (Phi) is 3.66. The molecule has 0 saturated carbocycles. The van der Waals surface area contributed by atoms with Crippen LogP contribution in [0.2, 0.25) is 0 Å². The number of hydrogen-bond donors (Lipinski definition) is 0. The molecule has 1 saturated heterocycles. The lowest BCUT2D eigenvalue weighted by Gasteiger charge is -2.11. The third-order valence-electron chi connectivity index (χ3n) is 2.86. The molecule has 1 aliphatic heterocycles. The van der Waals surface area contributed by atoms with E-state index in [1.807, 2.05) is 0 Å². The van der Waals surface area contributed by atoms with Gasteiger partial charge in [-0.25, -0.2) is 4.39 Å². The molecule has 1 heterocycles. The summed E-state index contributed by atoms with van der Waals surface area (Å²) in [6.07, 6.45) is -4.10. The third-order valence-corrected chi connectivity index (χ3v) is 4.02. The number of hydrogen-bond acceptors (Lipinski definition) is 2. The number of carbonyl (C=O) groups is 1. The Labute approximate surface area is 106 Å². The van der Waals surface area contributed by atoms with Gasteiger partial charge in [-0.05, 0) is 30.4 Å². The lowest BCUT2D eigenvalue weighted by molar-refractivity contribution is -0.140. The second-order valence-corrected chi connectivity index (χ2v) is 5.27. The van der Waals surface area contributed by atoms with Crippen molar-refractivity contribution in [3.05, 3.63) is 35.1 Å². The highest BCUT2D eigenvalue weighted by Gasteiger charge is 2.35. The summed E-state index contributed by atoms with van der Waals surface area (Å²) in [4.78, 5) is 11.9. The van der Waals surface area contributed by atoms with Gasteiger partial charge in [0.2, 0.25) is 0 Å². The summed E-state index contributed by atoms with van der Waals surface area (Å²) in [5.74, 6) is -0.465. The highest BCUT2D eigenvalue weighted by Crippen LogP contribution is 2.33. The van der Waals surface area contributed by atoms with Gasteiger partial charge >= 0.3 is 6.18 Å². The van der Waals surface area contributed by atoms with Crippen LogP contribution in [0.25, 0.3) is 0 Å². The summed E-state index contributed by atoms with van der Waals surface area (Å²) in [7, 11) is 0. The first-order valence-corrected chi connectivity index (χ1v) is 6.54. The lowest BCUT2D eigenvalue weighted by atomic mass is 9.96. The minimum Gasteiger partial charge on any atom is -0.294 e. The summed E-state index contributed by atoms with van der Waals surface area (Å²) in [6.45, 7) is 0. The largest absolute Gasteiger partial charge is 0.419 e. The number of ketones is 1. The van der Waals surface area contributed by atoms with Gasteiger partial charge in [-0.1, -0.05) is 0 Å². The van der Waals surface area contributed by atoms with E-state index in [0.717, 1.165) is 11.8 Å². The summed E-state index contributed by atoms with van der Waals surface area (Å²) >= 11 is 1.60. The maximum absolute atomic E-state index is 13.1. The number of benzene rings is 1. The van der Waals surface area contributed by atoms with Crippen LogP contribution < -0.4 is 0 Å². The van der Waals surface area contributed by atoms with Crippen molar-refractivity contribution in [2.45, 2.75) is 12.6 Å². The Morgan fingerprint density at radius 3 is 2.61 bits per heavy atom.